The first-order valence-electron chi connectivity index (χ1n) is 10.00. The normalized spacial score (nSPS) is 27.7. The molecule has 0 aliphatic carbocycles. The molecule has 3 fully saturated rings. The van der Waals surface area contributed by atoms with Crippen LogP contribution in [0.1, 0.15) is 34.6 Å². The predicted molar refractivity (Wildman–Crippen MR) is 105 cm³/mol. The van der Waals surface area contributed by atoms with Crippen LogP contribution in [0.25, 0.3) is 10.4 Å². The van der Waals surface area contributed by atoms with Gasteiger partial charge in [-0.05, 0) is 51.3 Å². The van der Waals surface area contributed by atoms with Gasteiger partial charge in [-0.15, -0.1) is 11.3 Å². The molecule has 0 spiro atoms. The molecule has 0 saturated carbocycles. The SMILES string of the molecule is Cc1[nH]ncc1-c1cc2c(s1)C(=O)NC([C@H]1CC3CCN1CC3)N2OC(=O)C(F)(F)F. The summed E-state index contributed by atoms with van der Waals surface area (Å²) in [5, 5.41) is 10.5. The summed E-state index contributed by atoms with van der Waals surface area (Å²) in [6.45, 7) is 3.41. The molecule has 166 valence electrons. The zero-order valence-electron chi connectivity index (χ0n) is 16.5. The van der Waals surface area contributed by atoms with Gasteiger partial charge in [0.05, 0.1) is 12.2 Å². The highest BCUT2D eigenvalue weighted by Crippen LogP contribution is 2.43. The quantitative estimate of drug-likeness (QED) is 0.740. The Hall–Kier alpha value is -2.60. The molecular weight excluding hydrogens is 435 g/mol. The molecule has 31 heavy (non-hydrogen) atoms. The first-order valence-corrected chi connectivity index (χ1v) is 10.8. The molecule has 1 amide bonds. The van der Waals surface area contributed by atoms with Gasteiger partial charge in [0, 0.05) is 16.1 Å². The standard InChI is InChI=1S/C19H20F3N5O3S/c1-9-11(8-23-25-9)14-7-12-15(31-14)17(28)24-16(27(12)30-18(29)19(20,21)22)13-6-10-2-4-26(13)5-3-10/h7-8,10,13,16H,2-6H2,1H3,(H,23,25)(H,24,28)/t13-,16?/m1/s1. The lowest BCUT2D eigenvalue weighted by atomic mass is 9.82. The first-order chi connectivity index (χ1) is 14.7. The Morgan fingerprint density at radius 2 is 2.06 bits per heavy atom. The number of halogens is 3. The maximum atomic E-state index is 13.0. The van der Waals surface area contributed by atoms with E-state index in [-0.39, 0.29) is 22.5 Å². The minimum atomic E-state index is -5.15. The Balaban J connectivity index is 1.55. The van der Waals surface area contributed by atoms with Crippen LogP contribution in [0.5, 0.6) is 0 Å². The predicted octanol–water partition coefficient (Wildman–Crippen LogP) is 2.83. The number of piperidine rings is 3. The fourth-order valence-electron chi connectivity index (χ4n) is 4.69. The van der Waals surface area contributed by atoms with Crippen LogP contribution in [0.4, 0.5) is 18.9 Å². The van der Waals surface area contributed by atoms with Crippen molar-refractivity contribution in [2.24, 2.45) is 5.92 Å². The minimum Gasteiger partial charge on any atom is -0.330 e. The van der Waals surface area contributed by atoms with Crippen molar-refractivity contribution in [2.45, 2.75) is 44.6 Å². The first kappa shape index (κ1) is 20.3. The number of hydrogen-bond acceptors (Lipinski definition) is 7. The average Bonchev–Trinajstić information content (AvgIpc) is 3.36. The van der Waals surface area contributed by atoms with E-state index in [0.29, 0.717) is 10.8 Å². The molecule has 12 heteroatoms. The lowest BCUT2D eigenvalue weighted by molar-refractivity contribution is -0.203. The van der Waals surface area contributed by atoms with E-state index in [2.05, 4.69) is 20.4 Å². The highest BCUT2D eigenvalue weighted by atomic mass is 32.1. The van der Waals surface area contributed by atoms with Gasteiger partial charge < -0.3 is 10.2 Å². The van der Waals surface area contributed by atoms with Gasteiger partial charge in [0.15, 0.2) is 6.17 Å². The van der Waals surface area contributed by atoms with Crippen molar-refractivity contribution < 1.29 is 27.6 Å². The van der Waals surface area contributed by atoms with Gasteiger partial charge in [0.25, 0.3) is 5.91 Å². The largest absolute Gasteiger partial charge is 0.493 e. The van der Waals surface area contributed by atoms with Crippen LogP contribution in [0.15, 0.2) is 12.3 Å². The topological polar surface area (TPSA) is 90.6 Å². The van der Waals surface area contributed by atoms with Crippen molar-refractivity contribution in [3.05, 3.63) is 22.8 Å². The summed E-state index contributed by atoms with van der Waals surface area (Å²) in [5.74, 6) is -2.26. The van der Waals surface area contributed by atoms with Crippen LogP contribution in [-0.4, -0.2) is 58.4 Å². The van der Waals surface area contributed by atoms with Gasteiger partial charge in [-0.1, -0.05) is 0 Å². The summed E-state index contributed by atoms with van der Waals surface area (Å²) >= 11 is 1.12. The summed E-state index contributed by atoms with van der Waals surface area (Å²) in [5.41, 5.74) is 1.64. The maximum Gasteiger partial charge on any atom is 0.493 e. The van der Waals surface area contributed by atoms with Gasteiger partial charge >= 0.3 is 12.1 Å². The van der Waals surface area contributed by atoms with Crippen molar-refractivity contribution in [1.29, 1.82) is 0 Å². The molecule has 2 bridgehead atoms. The third-order valence-electron chi connectivity index (χ3n) is 6.25. The second-order valence-corrected chi connectivity index (χ2v) is 9.19. The van der Waals surface area contributed by atoms with Crippen molar-refractivity contribution in [1.82, 2.24) is 20.4 Å². The number of nitrogens with one attached hydrogen (secondary N) is 2. The fourth-order valence-corrected chi connectivity index (χ4v) is 5.80. The molecule has 6 rings (SSSR count). The fraction of sp³-hybridized carbons (Fsp3) is 0.526. The third-order valence-corrected chi connectivity index (χ3v) is 7.41. The van der Waals surface area contributed by atoms with Crippen molar-refractivity contribution in [3.8, 4) is 10.4 Å². The van der Waals surface area contributed by atoms with Crippen molar-refractivity contribution in [3.63, 3.8) is 0 Å². The molecular formula is C19H20F3N5O3S. The monoisotopic (exact) mass is 455 g/mol. The van der Waals surface area contributed by atoms with E-state index in [9.17, 15) is 22.8 Å². The maximum absolute atomic E-state index is 13.0. The van der Waals surface area contributed by atoms with Gasteiger partial charge in [-0.25, -0.2) is 4.79 Å². The summed E-state index contributed by atoms with van der Waals surface area (Å²) in [7, 11) is 0. The number of hydrogen-bond donors (Lipinski definition) is 2. The average molecular weight is 455 g/mol. The van der Waals surface area contributed by atoms with Gasteiger partial charge in [-0.2, -0.15) is 23.3 Å². The smallest absolute Gasteiger partial charge is 0.330 e. The Kier molecular flexibility index (Phi) is 4.74. The zero-order valence-corrected chi connectivity index (χ0v) is 17.3. The van der Waals surface area contributed by atoms with Gasteiger partial charge in [0.2, 0.25) is 0 Å². The number of alkyl halides is 3. The Morgan fingerprint density at radius 1 is 1.32 bits per heavy atom. The van der Waals surface area contributed by atoms with Crippen LogP contribution in [0.2, 0.25) is 0 Å². The molecule has 2 aromatic heterocycles. The van der Waals surface area contributed by atoms with E-state index >= 15 is 0 Å². The summed E-state index contributed by atoms with van der Waals surface area (Å²) < 4.78 is 39.1. The highest BCUT2D eigenvalue weighted by Gasteiger charge is 2.49. The molecule has 0 aromatic carbocycles. The Bertz CT molecular complexity index is 1030. The number of aromatic nitrogens is 2. The van der Waals surface area contributed by atoms with Crippen LogP contribution in [0.3, 0.4) is 0 Å². The number of carbonyl (C=O) groups is 2. The number of rotatable bonds is 3. The van der Waals surface area contributed by atoms with Crippen LogP contribution >= 0.6 is 11.3 Å². The highest BCUT2D eigenvalue weighted by molar-refractivity contribution is 7.18. The molecule has 2 N–H and O–H groups in total. The molecule has 6 heterocycles. The molecule has 4 aliphatic rings. The Morgan fingerprint density at radius 3 is 2.65 bits per heavy atom. The molecule has 8 nitrogen and oxygen atoms in total. The van der Waals surface area contributed by atoms with E-state index < -0.39 is 18.3 Å². The number of thiophene rings is 1. The second kappa shape index (κ2) is 7.23. The molecule has 2 aromatic rings. The van der Waals surface area contributed by atoms with E-state index in [1.165, 1.54) is 0 Å². The van der Waals surface area contributed by atoms with Crippen molar-refractivity contribution >= 4 is 28.9 Å². The Labute approximate surface area is 179 Å². The number of anilines is 1. The number of nitrogens with zero attached hydrogens (tertiary/aromatic N) is 3. The van der Waals surface area contributed by atoms with E-state index in [1.54, 1.807) is 19.2 Å². The molecule has 2 atom stereocenters. The van der Waals surface area contributed by atoms with E-state index in [1.807, 2.05) is 0 Å². The number of fused-ring (bicyclic) bond motifs is 4. The van der Waals surface area contributed by atoms with E-state index in [4.69, 9.17) is 4.84 Å². The van der Waals surface area contributed by atoms with Crippen LogP contribution in [0, 0.1) is 12.8 Å². The minimum absolute atomic E-state index is 0.162. The number of carbonyl (C=O) groups excluding carboxylic acids is 2. The molecule has 4 aliphatic heterocycles. The number of aromatic amines is 1. The number of aryl methyl sites for hydroxylation is 1. The number of amides is 1. The zero-order chi connectivity index (χ0) is 21.9. The van der Waals surface area contributed by atoms with Gasteiger partial charge in [-0.3, -0.25) is 14.8 Å². The van der Waals surface area contributed by atoms with Crippen LogP contribution < -0.4 is 10.4 Å². The number of hydroxylamine groups is 1. The van der Waals surface area contributed by atoms with E-state index in [0.717, 1.165) is 60.0 Å². The lowest BCUT2D eigenvalue weighted by Crippen LogP contribution is -2.66. The summed E-state index contributed by atoms with van der Waals surface area (Å²) in [6.07, 6.45) is -1.71. The molecule has 1 unspecified atom stereocenters. The molecule has 0 radical (unpaired) electrons. The third kappa shape index (κ3) is 3.47. The number of H-pyrrole nitrogens is 1. The summed E-state index contributed by atoms with van der Waals surface area (Å²) in [6, 6.07) is 1.34. The summed E-state index contributed by atoms with van der Waals surface area (Å²) in [4.78, 5) is 32.5. The van der Waals surface area contributed by atoms with Crippen LogP contribution in [-0.2, 0) is 9.63 Å². The van der Waals surface area contributed by atoms with Crippen molar-refractivity contribution in [2.75, 3.05) is 18.2 Å². The second-order valence-electron chi connectivity index (χ2n) is 8.14. The van der Waals surface area contributed by atoms with Gasteiger partial charge in [0.1, 0.15) is 10.6 Å². The lowest BCUT2D eigenvalue weighted by Gasteiger charge is -2.51. The molecule has 3 saturated heterocycles.